The van der Waals surface area contributed by atoms with E-state index in [4.69, 9.17) is 4.74 Å². The highest BCUT2D eigenvalue weighted by Crippen LogP contribution is 2.18. The van der Waals surface area contributed by atoms with Gasteiger partial charge in [-0.1, -0.05) is 36.4 Å². The molecule has 0 aliphatic rings. The summed E-state index contributed by atoms with van der Waals surface area (Å²) in [4.78, 5) is 33.5. The highest BCUT2D eigenvalue weighted by Gasteiger charge is 2.15. The zero-order chi connectivity index (χ0) is 19.7. The van der Waals surface area contributed by atoms with Gasteiger partial charge in [0.15, 0.2) is 5.65 Å². The Bertz CT molecular complexity index is 1230. The summed E-state index contributed by atoms with van der Waals surface area (Å²) in [6, 6.07) is 16.0. The van der Waals surface area contributed by atoms with E-state index in [1.807, 2.05) is 49.4 Å². The second-order valence-corrected chi connectivity index (χ2v) is 6.94. The molecule has 140 valence electrons. The number of benzene rings is 1. The van der Waals surface area contributed by atoms with Crippen molar-refractivity contribution < 1.29 is 9.53 Å². The van der Waals surface area contributed by atoms with E-state index in [0.717, 1.165) is 16.8 Å². The van der Waals surface area contributed by atoms with Gasteiger partial charge in [0.2, 0.25) is 0 Å². The number of pyridine rings is 1. The average molecular weight is 439 g/mol. The van der Waals surface area contributed by atoms with Gasteiger partial charge in [-0.25, -0.2) is 19.3 Å². The van der Waals surface area contributed by atoms with E-state index in [0.29, 0.717) is 15.9 Å². The van der Waals surface area contributed by atoms with Crippen LogP contribution in [0.3, 0.4) is 0 Å². The molecule has 7 nitrogen and oxygen atoms in total. The largest absolute Gasteiger partial charge is 0.456 e. The van der Waals surface area contributed by atoms with E-state index in [-0.39, 0.29) is 17.9 Å². The van der Waals surface area contributed by atoms with Crippen LogP contribution in [-0.4, -0.2) is 25.6 Å². The van der Waals surface area contributed by atoms with Crippen molar-refractivity contribution in [2.75, 3.05) is 0 Å². The fourth-order valence-corrected chi connectivity index (χ4v) is 3.26. The van der Waals surface area contributed by atoms with Crippen molar-refractivity contribution in [1.29, 1.82) is 0 Å². The number of carbonyl (C=O) groups is 1. The predicted octanol–water partition coefficient (Wildman–Crippen LogP) is 3.51. The lowest BCUT2D eigenvalue weighted by Crippen LogP contribution is -2.15. The summed E-state index contributed by atoms with van der Waals surface area (Å²) in [5.41, 5.74) is 3.15. The number of ether oxygens (including phenoxy) is 1. The number of carbonyl (C=O) groups excluding carboxylic acids is 1. The number of halogens is 1. The van der Waals surface area contributed by atoms with Crippen LogP contribution in [-0.2, 0) is 11.3 Å². The number of aryl methyl sites for hydroxylation is 1. The Balaban J connectivity index is 1.59. The van der Waals surface area contributed by atoms with Gasteiger partial charge in [0.25, 0.3) is 5.56 Å². The lowest BCUT2D eigenvalue weighted by molar-refractivity contribution is 0.0464. The molecule has 4 rings (SSSR count). The molecule has 0 unspecified atom stereocenters. The van der Waals surface area contributed by atoms with Crippen LogP contribution < -0.4 is 5.56 Å². The molecule has 1 aromatic carbocycles. The SMILES string of the molecule is Cc1ccc(COC(=O)c2cc3nc(-c4ccccc4)cc(=O)n3[nH]2)c(Br)n1. The number of fused-ring (bicyclic) bond motifs is 1. The minimum Gasteiger partial charge on any atom is -0.456 e. The average Bonchev–Trinajstić information content (AvgIpc) is 3.13. The van der Waals surface area contributed by atoms with E-state index in [1.165, 1.54) is 16.6 Å². The van der Waals surface area contributed by atoms with Gasteiger partial charge in [-0.15, -0.1) is 0 Å². The predicted molar refractivity (Wildman–Crippen MR) is 107 cm³/mol. The number of rotatable bonds is 4. The highest BCUT2D eigenvalue weighted by atomic mass is 79.9. The molecule has 1 N–H and O–H groups in total. The fraction of sp³-hybridized carbons (Fsp3) is 0.100. The standard InChI is InChI=1S/C20H15BrN4O3/c1-12-7-8-14(19(21)22-12)11-28-20(27)16-9-17-23-15(10-18(26)25(17)24-16)13-5-3-2-4-6-13/h2-10,24H,11H2,1H3. The Morgan fingerprint density at radius 1 is 1.14 bits per heavy atom. The first-order chi connectivity index (χ1) is 13.5. The minimum absolute atomic E-state index is 0.0552. The number of H-pyrrole nitrogens is 1. The third kappa shape index (κ3) is 3.59. The van der Waals surface area contributed by atoms with Crippen molar-refractivity contribution in [2.24, 2.45) is 0 Å². The van der Waals surface area contributed by atoms with Crippen molar-refractivity contribution in [3.63, 3.8) is 0 Å². The molecule has 3 heterocycles. The van der Waals surface area contributed by atoms with Crippen molar-refractivity contribution in [3.8, 4) is 11.3 Å². The maximum absolute atomic E-state index is 12.4. The van der Waals surface area contributed by atoms with E-state index in [1.54, 1.807) is 0 Å². The van der Waals surface area contributed by atoms with Crippen LogP contribution in [0.15, 0.2) is 64.0 Å². The molecule has 0 amide bonds. The molecule has 0 aliphatic carbocycles. The molecular weight excluding hydrogens is 424 g/mol. The van der Waals surface area contributed by atoms with Crippen LogP contribution in [0, 0.1) is 6.92 Å². The highest BCUT2D eigenvalue weighted by molar-refractivity contribution is 9.10. The Morgan fingerprint density at radius 3 is 2.68 bits per heavy atom. The number of nitrogens with one attached hydrogen (secondary N) is 1. The van der Waals surface area contributed by atoms with E-state index < -0.39 is 5.97 Å². The Hall–Kier alpha value is -3.26. The van der Waals surface area contributed by atoms with E-state index >= 15 is 0 Å². The third-order valence-electron chi connectivity index (χ3n) is 4.16. The Kier molecular flexibility index (Phi) is 4.79. The van der Waals surface area contributed by atoms with Crippen LogP contribution in [0.4, 0.5) is 0 Å². The summed E-state index contributed by atoms with van der Waals surface area (Å²) in [7, 11) is 0. The van der Waals surface area contributed by atoms with Gasteiger partial charge < -0.3 is 4.74 Å². The van der Waals surface area contributed by atoms with Crippen LogP contribution in [0.5, 0.6) is 0 Å². The summed E-state index contributed by atoms with van der Waals surface area (Å²) in [6.45, 7) is 1.93. The molecule has 0 saturated heterocycles. The van der Waals surface area contributed by atoms with Crippen LogP contribution in [0.25, 0.3) is 16.9 Å². The lowest BCUT2D eigenvalue weighted by atomic mass is 10.1. The van der Waals surface area contributed by atoms with Gasteiger partial charge >= 0.3 is 5.97 Å². The maximum atomic E-state index is 12.4. The summed E-state index contributed by atoms with van der Waals surface area (Å²) >= 11 is 3.36. The van der Waals surface area contributed by atoms with Crippen molar-refractivity contribution >= 4 is 27.5 Å². The normalized spacial score (nSPS) is 10.9. The first kappa shape index (κ1) is 18.1. The van der Waals surface area contributed by atoms with Crippen LogP contribution >= 0.6 is 15.9 Å². The number of hydrogen-bond acceptors (Lipinski definition) is 5. The van der Waals surface area contributed by atoms with Crippen LogP contribution in [0.1, 0.15) is 21.7 Å². The second-order valence-electron chi connectivity index (χ2n) is 6.19. The van der Waals surface area contributed by atoms with Crippen molar-refractivity contribution in [1.82, 2.24) is 19.6 Å². The molecule has 3 aromatic heterocycles. The first-order valence-electron chi connectivity index (χ1n) is 8.48. The smallest absolute Gasteiger partial charge is 0.356 e. The third-order valence-corrected chi connectivity index (χ3v) is 4.85. The second kappa shape index (κ2) is 7.40. The number of hydrogen-bond donors (Lipinski definition) is 1. The van der Waals surface area contributed by atoms with Gasteiger partial charge in [-0.2, -0.15) is 0 Å². The molecule has 8 heteroatoms. The van der Waals surface area contributed by atoms with Gasteiger partial charge in [-0.3, -0.25) is 9.89 Å². The zero-order valence-corrected chi connectivity index (χ0v) is 16.4. The van der Waals surface area contributed by atoms with Gasteiger partial charge in [0, 0.05) is 29.0 Å². The molecule has 0 fully saturated rings. The molecule has 0 bridgehead atoms. The van der Waals surface area contributed by atoms with Gasteiger partial charge in [0.05, 0.1) is 5.69 Å². The summed E-state index contributed by atoms with van der Waals surface area (Å²) in [5.74, 6) is -0.585. The molecule has 28 heavy (non-hydrogen) atoms. The minimum atomic E-state index is -0.585. The fourth-order valence-electron chi connectivity index (χ4n) is 2.74. The summed E-state index contributed by atoms with van der Waals surface area (Å²) in [5, 5.41) is 2.74. The summed E-state index contributed by atoms with van der Waals surface area (Å²) < 4.78 is 7.18. The molecule has 4 aromatic rings. The number of aromatic nitrogens is 4. The lowest BCUT2D eigenvalue weighted by Gasteiger charge is -2.05. The Morgan fingerprint density at radius 2 is 1.93 bits per heavy atom. The molecule has 0 atom stereocenters. The summed E-state index contributed by atoms with van der Waals surface area (Å²) in [6.07, 6.45) is 0. The van der Waals surface area contributed by atoms with Crippen molar-refractivity contribution in [2.45, 2.75) is 13.5 Å². The van der Waals surface area contributed by atoms with Gasteiger partial charge in [-0.05, 0) is 28.9 Å². The first-order valence-corrected chi connectivity index (χ1v) is 9.28. The number of nitrogens with zero attached hydrogens (tertiary/aromatic N) is 3. The Labute approximate surface area is 168 Å². The van der Waals surface area contributed by atoms with E-state index in [2.05, 4.69) is 31.0 Å². The molecular formula is C20H15BrN4O3. The number of aromatic amines is 1. The zero-order valence-electron chi connectivity index (χ0n) is 14.8. The monoisotopic (exact) mass is 438 g/mol. The van der Waals surface area contributed by atoms with E-state index in [9.17, 15) is 9.59 Å². The molecule has 0 radical (unpaired) electrons. The van der Waals surface area contributed by atoms with Crippen molar-refractivity contribution in [3.05, 3.63) is 86.5 Å². The van der Waals surface area contributed by atoms with Gasteiger partial charge in [0.1, 0.15) is 16.9 Å². The molecule has 0 spiro atoms. The van der Waals surface area contributed by atoms with Crippen LogP contribution in [0.2, 0.25) is 0 Å². The topological polar surface area (TPSA) is 89.4 Å². The maximum Gasteiger partial charge on any atom is 0.356 e. The molecule has 0 aliphatic heterocycles. The quantitative estimate of drug-likeness (QED) is 0.388. The number of esters is 1. The molecule has 0 saturated carbocycles.